The van der Waals surface area contributed by atoms with E-state index in [9.17, 15) is 14.4 Å². The molecule has 1 atom stereocenters. The number of rotatable bonds is 10. The van der Waals surface area contributed by atoms with E-state index in [2.05, 4.69) is 19.2 Å². The van der Waals surface area contributed by atoms with E-state index in [1.54, 1.807) is 45.9 Å². The first-order valence-corrected chi connectivity index (χ1v) is 13.0. The first-order valence-electron chi connectivity index (χ1n) is 12.2. The van der Waals surface area contributed by atoms with Gasteiger partial charge in [-0.25, -0.2) is 9.78 Å². The molecule has 1 unspecified atom stereocenters. The zero-order valence-corrected chi connectivity index (χ0v) is 23.0. The van der Waals surface area contributed by atoms with Crippen molar-refractivity contribution in [2.45, 2.75) is 52.6 Å². The number of methoxy groups -OCH3 is 1. The lowest BCUT2D eigenvalue weighted by Gasteiger charge is -2.31. The number of benzene rings is 2. The summed E-state index contributed by atoms with van der Waals surface area (Å²) in [7, 11) is 1.33. The molecule has 0 aliphatic heterocycles. The maximum atomic E-state index is 13.5. The average Bonchev–Trinajstić information content (AvgIpc) is 2.86. The Labute approximate surface area is 226 Å². The van der Waals surface area contributed by atoms with Crippen molar-refractivity contribution in [3.8, 4) is 0 Å². The van der Waals surface area contributed by atoms with Gasteiger partial charge in [0, 0.05) is 24.5 Å². The molecule has 0 bridgehead atoms. The molecule has 0 saturated heterocycles. The van der Waals surface area contributed by atoms with Crippen LogP contribution in [0.15, 0.2) is 47.3 Å². The molecule has 8 nitrogen and oxygen atoms in total. The second-order valence-corrected chi connectivity index (χ2v) is 10.1. The van der Waals surface area contributed by atoms with Crippen LogP contribution in [-0.4, -0.2) is 40.1 Å². The van der Waals surface area contributed by atoms with Crippen LogP contribution in [-0.2, 0) is 16.1 Å². The van der Waals surface area contributed by atoms with Crippen molar-refractivity contribution in [2.75, 3.05) is 19.0 Å². The van der Waals surface area contributed by atoms with Gasteiger partial charge in [0.15, 0.2) is 0 Å². The molecule has 2 aromatic carbocycles. The lowest BCUT2D eigenvalue weighted by atomic mass is 10.1. The number of carbonyl (C=O) groups is 2. The number of amides is 2. The van der Waals surface area contributed by atoms with Gasteiger partial charge in [-0.3, -0.25) is 14.2 Å². The van der Waals surface area contributed by atoms with Gasteiger partial charge < -0.3 is 15.0 Å². The minimum absolute atomic E-state index is 0.163. The fourth-order valence-corrected chi connectivity index (χ4v) is 4.45. The fraction of sp³-hybridized carbons (Fsp3) is 0.407. The van der Waals surface area contributed by atoms with Gasteiger partial charge in [-0.2, -0.15) is 0 Å². The molecule has 0 aliphatic rings. The molecule has 0 fully saturated rings. The SMILES string of the molecule is COC(=O)CCCn1c(C(C)N(CCC(C)C)C(=O)Nc2ccc(Cl)cc2Cl)nc2ccccc2c1=O. The minimum Gasteiger partial charge on any atom is -0.469 e. The van der Waals surface area contributed by atoms with E-state index in [1.807, 2.05) is 13.0 Å². The number of aromatic nitrogens is 2. The zero-order chi connectivity index (χ0) is 27.1. The largest absolute Gasteiger partial charge is 0.469 e. The smallest absolute Gasteiger partial charge is 0.322 e. The zero-order valence-electron chi connectivity index (χ0n) is 21.5. The Morgan fingerprint density at radius 3 is 2.54 bits per heavy atom. The number of halogens is 2. The minimum atomic E-state index is -0.555. The van der Waals surface area contributed by atoms with Gasteiger partial charge in [0.1, 0.15) is 5.82 Å². The molecule has 0 radical (unpaired) electrons. The maximum absolute atomic E-state index is 13.5. The average molecular weight is 547 g/mol. The predicted molar refractivity (Wildman–Crippen MR) is 147 cm³/mol. The molecule has 3 rings (SSSR count). The lowest BCUT2D eigenvalue weighted by Crippen LogP contribution is -2.41. The summed E-state index contributed by atoms with van der Waals surface area (Å²) in [6, 6.07) is 11.0. The number of hydrogen-bond donors (Lipinski definition) is 1. The van der Waals surface area contributed by atoms with E-state index in [1.165, 1.54) is 7.11 Å². The highest BCUT2D eigenvalue weighted by atomic mass is 35.5. The van der Waals surface area contributed by atoms with Crippen molar-refractivity contribution >= 4 is 51.8 Å². The first-order chi connectivity index (χ1) is 17.6. The first kappa shape index (κ1) is 28.5. The number of urea groups is 1. The predicted octanol–water partition coefficient (Wildman–Crippen LogP) is 6.30. The molecule has 0 aliphatic carbocycles. The van der Waals surface area contributed by atoms with E-state index in [0.717, 1.165) is 6.42 Å². The number of fused-ring (bicyclic) bond motifs is 1. The van der Waals surface area contributed by atoms with Gasteiger partial charge in [-0.15, -0.1) is 0 Å². The van der Waals surface area contributed by atoms with Gasteiger partial charge in [-0.05, 0) is 56.0 Å². The molecule has 37 heavy (non-hydrogen) atoms. The summed E-state index contributed by atoms with van der Waals surface area (Å²) in [5, 5.41) is 4.13. The Bertz CT molecular complexity index is 1330. The van der Waals surface area contributed by atoms with Crippen LogP contribution in [0.4, 0.5) is 10.5 Å². The quantitative estimate of drug-likeness (QED) is 0.301. The standard InChI is InChI=1S/C27H32Cl2N4O4/c1-17(2)13-15-32(27(36)31-23-12-11-19(28)16-21(23)29)18(3)25-30-22-9-6-5-8-20(22)26(35)33(25)14-7-10-24(34)37-4/h5-6,8-9,11-12,16-18H,7,10,13-15H2,1-4H3,(H,31,36). The van der Waals surface area contributed by atoms with E-state index < -0.39 is 6.04 Å². The Kier molecular flexibility index (Phi) is 9.94. The number of nitrogens with zero attached hydrogens (tertiary/aromatic N) is 3. The highest BCUT2D eigenvalue weighted by Gasteiger charge is 2.27. The number of nitrogens with one attached hydrogen (secondary N) is 1. The van der Waals surface area contributed by atoms with Crippen molar-refractivity contribution in [1.29, 1.82) is 0 Å². The summed E-state index contributed by atoms with van der Waals surface area (Å²) in [4.78, 5) is 45.1. The Morgan fingerprint density at radius 2 is 1.86 bits per heavy atom. The highest BCUT2D eigenvalue weighted by Crippen LogP contribution is 2.28. The molecule has 0 spiro atoms. The summed E-state index contributed by atoms with van der Waals surface area (Å²) in [6.45, 7) is 6.69. The number of ether oxygens (including phenoxy) is 1. The third-order valence-electron chi connectivity index (χ3n) is 6.10. The number of anilines is 1. The van der Waals surface area contributed by atoms with Crippen molar-refractivity contribution < 1.29 is 14.3 Å². The second-order valence-electron chi connectivity index (χ2n) is 9.23. The molecule has 1 aromatic heterocycles. The molecule has 198 valence electrons. The van der Waals surface area contributed by atoms with Gasteiger partial charge in [-0.1, -0.05) is 49.2 Å². The van der Waals surface area contributed by atoms with Crippen molar-refractivity contribution in [3.05, 3.63) is 68.7 Å². The van der Waals surface area contributed by atoms with Crippen LogP contribution in [0, 0.1) is 5.92 Å². The molecular weight excluding hydrogens is 515 g/mol. The van der Waals surface area contributed by atoms with Crippen molar-refractivity contribution in [2.24, 2.45) is 5.92 Å². The van der Waals surface area contributed by atoms with E-state index in [0.29, 0.717) is 51.3 Å². The number of carbonyl (C=O) groups excluding carboxylic acids is 2. The van der Waals surface area contributed by atoms with Crippen LogP contribution in [0.1, 0.15) is 51.9 Å². The van der Waals surface area contributed by atoms with E-state index in [4.69, 9.17) is 32.9 Å². The normalized spacial score (nSPS) is 12.0. The Balaban J connectivity index is 2.02. The van der Waals surface area contributed by atoms with Gasteiger partial charge in [0.05, 0.1) is 34.8 Å². The van der Waals surface area contributed by atoms with Crippen LogP contribution in [0.5, 0.6) is 0 Å². The van der Waals surface area contributed by atoms with Crippen LogP contribution in [0.25, 0.3) is 10.9 Å². The third-order valence-corrected chi connectivity index (χ3v) is 6.65. The van der Waals surface area contributed by atoms with Crippen LogP contribution < -0.4 is 10.9 Å². The highest BCUT2D eigenvalue weighted by molar-refractivity contribution is 6.36. The summed E-state index contributed by atoms with van der Waals surface area (Å²) in [5.74, 6) is 0.428. The molecule has 1 N–H and O–H groups in total. The third kappa shape index (κ3) is 7.23. The molecule has 2 amide bonds. The van der Waals surface area contributed by atoms with Gasteiger partial charge in [0.2, 0.25) is 0 Å². The summed E-state index contributed by atoms with van der Waals surface area (Å²) in [6.07, 6.45) is 1.30. The van der Waals surface area contributed by atoms with Gasteiger partial charge >= 0.3 is 12.0 Å². The van der Waals surface area contributed by atoms with E-state index >= 15 is 0 Å². The summed E-state index contributed by atoms with van der Waals surface area (Å²) < 4.78 is 6.30. The molecule has 0 saturated carbocycles. The monoisotopic (exact) mass is 546 g/mol. The van der Waals surface area contributed by atoms with Crippen LogP contribution in [0.2, 0.25) is 10.0 Å². The topological polar surface area (TPSA) is 93.5 Å². The summed E-state index contributed by atoms with van der Waals surface area (Å²) >= 11 is 12.3. The maximum Gasteiger partial charge on any atom is 0.322 e. The van der Waals surface area contributed by atoms with E-state index in [-0.39, 0.29) is 30.5 Å². The lowest BCUT2D eigenvalue weighted by molar-refractivity contribution is -0.140. The van der Waals surface area contributed by atoms with Crippen LogP contribution >= 0.6 is 23.2 Å². The van der Waals surface area contributed by atoms with Crippen LogP contribution in [0.3, 0.4) is 0 Å². The number of hydrogen-bond acceptors (Lipinski definition) is 5. The molecular formula is C27H32Cl2N4O4. The fourth-order valence-electron chi connectivity index (χ4n) is 3.99. The molecule has 10 heteroatoms. The summed E-state index contributed by atoms with van der Waals surface area (Å²) in [5.41, 5.74) is 0.755. The van der Waals surface area contributed by atoms with Crippen molar-refractivity contribution in [3.63, 3.8) is 0 Å². The second kappa shape index (κ2) is 12.9. The van der Waals surface area contributed by atoms with Crippen molar-refractivity contribution in [1.82, 2.24) is 14.5 Å². The Morgan fingerprint density at radius 1 is 1.14 bits per heavy atom. The number of esters is 1. The molecule has 1 heterocycles. The molecule has 3 aromatic rings. The van der Waals surface area contributed by atoms with Gasteiger partial charge in [0.25, 0.3) is 5.56 Å². The Hall–Kier alpha value is -3.10. The number of para-hydroxylation sites is 1.